The molecule has 1 saturated heterocycles. The average Bonchev–Trinajstić information content (AvgIpc) is 2.80. The highest BCUT2D eigenvalue weighted by Gasteiger charge is 2.57. The zero-order valence-electron chi connectivity index (χ0n) is 11.5. The third-order valence-corrected chi connectivity index (χ3v) is 5.96. The normalized spacial score (nSPS) is 25.0. The largest absolute Gasteiger partial charge is 0.477 e. The summed E-state index contributed by atoms with van der Waals surface area (Å²) in [6.45, 7) is 1.55. The van der Waals surface area contributed by atoms with Gasteiger partial charge in [-0.15, -0.1) is 11.8 Å². The second-order valence-electron chi connectivity index (χ2n) is 4.89. The van der Waals surface area contributed by atoms with Crippen LogP contribution < -0.4 is 0 Å². The van der Waals surface area contributed by atoms with Crippen LogP contribution in [-0.2, 0) is 9.59 Å². The summed E-state index contributed by atoms with van der Waals surface area (Å²) in [4.78, 5) is 33.5. The molecule has 9 heteroatoms. The molecule has 3 rings (SSSR count). The standard InChI is InChI=1S/C13H13N3O4S2/c1-6(17)9-11(18)16-10(13(19)20)7(22-12(9)16)5-21-8-4-14-2-3-15-8/h2-4,6,9,12,17H,5H2,1H3,(H,19,20)/t6?,9?,12-/m1/s1. The quantitative estimate of drug-likeness (QED) is 0.599. The molecular formula is C13H13N3O4S2. The van der Waals surface area contributed by atoms with Gasteiger partial charge in [0.1, 0.15) is 16.1 Å². The first-order chi connectivity index (χ1) is 10.5. The van der Waals surface area contributed by atoms with Crippen molar-refractivity contribution in [1.82, 2.24) is 14.9 Å². The summed E-state index contributed by atoms with van der Waals surface area (Å²) in [6, 6.07) is 0. The first-order valence-corrected chi connectivity index (χ1v) is 8.40. The van der Waals surface area contributed by atoms with Crippen molar-refractivity contribution < 1.29 is 19.8 Å². The first-order valence-electron chi connectivity index (χ1n) is 6.53. The van der Waals surface area contributed by atoms with E-state index in [1.54, 1.807) is 25.5 Å². The molecule has 1 amide bonds. The van der Waals surface area contributed by atoms with E-state index in [0.717, 1.165) is 0 Å². The van der Waals surface area contributed by atoms with Crippen molar-refractivity contribution in [2.75, 3.05) is 5.75 Å². The molecular weight excluding hydrogens is 326 g/mol. The second-order valence-corrected chi connectivity index (χ2v) is 7.10. The third-order valence-electron chi connectivity index (χ3n) is 3.47. The number of β-lactam (4-membered cyclic amide) rings is 1. The van der Waals surface area contributed by atoms with E-state index >= 15 is 0 Å². The SMILES string of the molecule is CC(O)C1C(=O)N2C(C(=O)O)=C(CSc3cnccn3)S[C@H]12. The molecule has 0 aliphatic carbocycles. The van der Waals surface area contributed by atoms with Gasteiger partial charge >= 0.3 is 5.97 Å². The molecule has 3 atom stereocenters. The van der Waals surface area contributed by atoms with Crippen LogP contribution in [-0.4, -0.2) is 54.2 Å². The highest BCUT2D eigenvalue weighted by atomic mass is 32.2. The highest BCUT2D eigenvalue weighted by Crippen LogP contribution is 2.51. The summed E-state index contributed by atoms with van der Waals surface area (Å²) >= 11 is 2.70. The van der Waals surface area contributed by atoms with Crippen LogP contribution >= 0.6 is 23.5 Å². The number of aliphatic hydroxyl groups is 1. The molecule has 1 fully saturated rings. The first kappa shape index (κ1) is 15.3. The molecule has 2 unspecified atom stereocenters. The van der Waals surface area contributed by atoms with Crippen LogP contribution in [0.1, 0.15) is 6.92 Å². The van der Waals surface area contributed by atoms with Crippen molar-refractivity contribution >= 4 is 35.4 Å². The molecule has 0 saturated carbocycles. The number of carboxylic acids is 1. The van der Waals surface area contributed by atoms with E-state index < -0.39 is 18.0 Å². The number of rotatable bonds is 5. The van der Waals surface area contributed by atoms with Crippen LogP contribution in [0.25, 0.3) is 0 Å². The lowest BCUT2D eigenvalue weighted by molar-refractivity contribution is -0.156. The zero-order chi connectivity index (χ0) is 15.9. The van der Waals surface area contributed by atoms with Crippen molar-refractivity contribution in [3.8, 4) is 0 Å². The summed E-state index contributed by atoms with van der Waals surface area (Å²) in [5, 5.41) is 19.4. The summed E-state index contributed by atoms with van der Waals surface area (Å²) in [5.41, 5.74) is 0.0216. The Hall–Kier alpha value is -1.58. The summed E-state index contributed by atoms with van der Waals surface area (Å²) < 4.78 is 0. The molecule has 1 aromatic rings. The van der Waals surface area contributed by atoms with Gasteiger partial charge in [0, 0.05) is 23.1 Å². The zero-order valence-corrected chi connectivity index (χ0v) is 13.2. The van der Waals surface area contributed by atoms with Crippen LogP contribution in [0.4, 0.5) is 0 Å². The van der Waals surface area contributed by atoms with Gasteiger partial charge in [-0.3, -0.25) is 14.7 Å². The molecule has 2 aliphatic rings. The van der Waals surface area contributed by atoms with Gasteiger partial charge in [0.2, 0.25) is 5.91 Å². The van der Waals surface area contributed by atoms with Gasteiger partial charge in [-0.1, -0.05) is 11.8 Å². The Balaban J connectivity index is 1.78. The van der Waals surface area contributed by atoms with E-state index in [9.17, 15) is 19.8 Å². The third kappa shape index (κ3) is 2.49. The minimum absolute atomic E-state index is 0.0216. The minimum atomic E-state index is -1.12. The summed E-state index contributed by atoms with van der Waals surface area (Å²) in [7, 11) is 0. The minimum Gasteiger partial charge on any atom is -0.477 e. The molecule has 2 N–H and O–H groups in total. The van der Waals surface area contributed by atoms with Gasteiger partial charge in [-0.05, 0) is 6.92 Å². The van der Waals surface area contributed by atoms with Gasteiger partial charge in [0.25, 0.3) is 0 Å². The topological polar surface area (TPSA) is 104 Å². The number of carboxylic acid groups (broad SMARTS) is 1. The Morgan fingerprint density at radius 3 is 2.91 bits per heavy atom. The molecule has 0 bridgehead atoms. The lowest BCUT2D eigenvalue weighted by atomic mass is 9.92. The molecule has 2 aliphatic heterocycles. The lowest BCUT2D eigenvalue weighted by Crippen LogP contribution is -2.60. The molecule has 1 aromatic heterocycles. The average molecular weight is 339 g/mol. The Kier molecular flexibility index (Phi) is 4.11. The number of carbonyl (C=O) groups excluding carboxylic acids is 1. The molecule has 0 aromatic carbocycles. The number of aliphatic hydroxyl groups excluding tert-OH is 1. The molecule has 116 valence electrons. The van der Waals surface area contributed by atoms with Gasteiger partial charge < -0.3 is 10.2 Å². The smallest absolute Gasteiger partial charge is 0.353 e. The maximum Gasteiger partial charge on any atom is 0.353 e. The van der Waals surface area contributed by atoms with Crippen LogP contribution in [0.3, 0.4) is 0 Å². The molecule has 0 spiro atoms. The highest BCUT2D eigenvalue weighted by molar-refractivity contribution is 8.06. The Morgan fingerprint density at radius 2 is 2.32 bits per heavy atom. The number of fused-ring (bicyclic) bond motifs is 1. The fraction of sp³-hybridized carbons (Fsp3) is 0.385. The van der Waals surface area contributed by atoms with E-state index in [4.69, 9.17) is 0 Å². The van der Waals surface area contributed by atoms with Crippen LogP contribution in [0.5, 0.6) is 0 Å². The monoisotopic (exact) mass is 339 g/mol. The Bertz CT molecular complexity index is 650. The predicted octanol–water partition coefficient (Wildman–Crippen LogP) is 0.777. The van der Waals surface area contributed by atoms with E-state index in [1.807, 2.05) is 0 Å². The van der Waals surface area contributed by atoms with Crippen LogP contribution in [0, 0.1) is 5.92 Å². The van der Waals surface area contributed by atoms with E-state index in [2.05, 4.69) is 9.97 Å². The van der Waals surface area contributed by atoms with Crippen molar-refractivity contribution in [3.63, 3.8) is 0 Å². The van der Waals surface area contributed by atoms with Crippen molar-refractivity contribution in [1.29, 1.82) is 0 Å². The van der Waals surface area contributed by atoms with Crippen molar-refractivity contribution in [3.05, 3.63) is 29.2 Å². The number of aromatic nitrogens is 2. The Morgan fingerprint density at radius 1 is 1.55 bits per heavy atom. The maximum atomic E-state index is 12.0. The van der Waals surface area contributed by atoms with E-state index in [0.29, 0.717) is 15.7 Å². The maximum absolute atomic E-state index is 12.0. The van der Waals surface area contributed by atoms with Gasteiger partial charge in [0.05, 0.1) is 18.2 Å². The summed E-state index contributed by atoms with van der Waals surface area (Å²) in [5.74, 6) is -1.59. The number of aliphatic carboxylic acids is 1. The molecule has 0 radical (unpaired) electrons. The van der Waals surface area contributed by atoms with Gasteiger partial charge in [-0.2, -0.15) is 0 Å². The number of thioether (sulfide) groups is 2. The second kappa shape index (κ2) is 5.90. The van der Waals surface area contributed by atoms with Gasteiger partial charge in [-0.25, -0.2) is 9.78 Å². The fourth-order valence-electron chi connectivity index (χ4n) is 2.45. The number of amides is 1. The number of hydrogen-bond acceptors (Lipinski definition) is 7. The number of hydrogen-bond donors (Lipinski definition) is 2. The molecule has 22 heavy (non-hydrogen) atoms. The fourth-order valence-corrected chi connectivity index (χ4v) is 4.98. The Labute approximate surface area is 134 Å². The predicted molar refractivity (Wildman–Crippen MR) is 80.8 cm³/mol. The van der Waals surface area contributed by atoms with Crippen LogP contribution in [0.2, 0.25) is 0 Å². The van der Waals surface area contributed by atoms with Crippen LogP contribution in [0.15, 0.2) is 34.2 Å². The van der Waals surface area contributed by atoms with Crippen molar-refractivity contribution in [2.45, 2.75) is 23.4 Å². The summed E-state index contributed by atoms with van der Waals surface area (Å²) in [6.07, 6.45) is 3.94. The number of carbonyl (C=O) groups is 2. The lowest BCUT2D eigenvalue weighted by Gasteiger charge is -2.43. The molecule has 3 heterocycles. The van der Waals surface area contributed by atoms with Crippen molar-refractivity contribution in [2.24, 2.45) is 5.92 Å². The van der Waals surface area contributed by atoms with Gasteiger partial charge in [0.15, 0.2) is 0 Å². The van der Waals surface area contributed by atoms with E-state index in [-0.39, 0.29) is 17.0 Å². The van der Waals surface area contributed by atoms with E-state index in [1.165, 1.54) is 28.4 Å². The molecule has 7 nitrogen and oxygen atoms in total. The number of nitrogens with zero attached hydrogens (tertiary/aromatic N) is 3.